The molecule has 3 aromatic carbocycles. The van der Waals surface area contributed by atoms with E-state index in [9.17, 15) is 0 Å². The molecular formula is C30H28Cl2PTi. The molecule has 0 nitrogen and oxygen atoms in total. The van der Waals surface area contributed by atoms with Crippen molar-refractivity contribution in [2.45, 2.75) is 13.8 Å². The molecule has 5 rings (SSSR count). The third kappa shape index (κ3) is 3.65. The molecule has 0 spiro atoms. The molecule has 34 heavy (non-hydrogen) atoms. The van der Waals surface area contributed by atoms with Gasteiger partial charge in [-0.1, -0.05) is 0 Å². The van der Waals surface area contributed by atoms with E-state index < -0.39 is 15.3 Å². The maximum Gasteiger partial charge on any atom is -1.00 e. The van der Waals surface area contributed by atoms with Crippen LogP contribution < -0.4 is 40.0 Å². The van der Waals surface area contributed by atoms with Gasteiger partial charge in [-0.3, -0.25) is 0 Å². The van der Waals surface area contributed by atoms with E-state index in [0.29, 0.717) is 8.19 Å². The van der Waals surface area contributed by atoms with Crippen molar-refractivity contribution in [3.05, 3.63) is 142 Å². The van der Waals surface area contributed by atoms with Crippen molar-refractivity contribution in [2.24, 2.45) is 0 Å². The number of allylic oxidation sites excluding steroid dienone is 6. The van der Waals surface area contributed by atoms with Crippen LogP contribution in [0.4, 0.5) is 0 Å². The summed E-state index contributed by atoms with van der Waals surface area (Å²) in [5.74, 6) is 2.36. The smallest absolute Gasteiger partial charge is 1.00 e. The molecule has 0 fully saturated rings. The van der Waals surface area contributed by atoms with Gasteiger partial charge in [-0.05, 0) is 0 Å². The molecule has 1 unspecified atom stereocenters. The number of benzene rings is 3. The van der Waals surface area contributed by atoms with Crippen LogP contribution in [0.5, 0.6) is 0 Å². The summed E-state index contributed by atoms with van der Waals surface area (Å²) in [5, 5.41) is 0. The number of hydrogen-bond acceptors (Lipinski definition) is 0. The summed E-state index contributed by atoms with van der Waals surface area (Å²) in [6.07, 6.45) is 7.02. The largest absolute Gasteiger partial charge is 1.00 e. The summed E-state index contributed by atoms with van der Waals surface area (Å²) >= 11 is -4.26. The molecule has 0 radical (unpaired) electrons. The summed E-state index contributed by atoms with van der Waals surface area (Å²) in [7, 11) is 0.683. The molecule has 0 bridgehead atoms. The standard InChI is InChI=1S/C8H9.3C6H5.C4H4P.2ClH.Ti/c1-7(2)8-5-3-4-6-8;3*1-2-4-6-5-3-1;1-2-4-5-3-1;;;/h3-5H,1-2H3;3*1-5H;1-3,5H;2*1H;/q;;;;;;;+2/p-2. The molecule has 0 aliphatic heterocycles. The van der Waals surface area contributed by atoms with Crippen LogP contribution in [0.3, 0.4) is 0 Å². The van der Waals surface area contributed by atoms with Crippen LogP contribution in [0.1, 0.15) is 13.8 Å². The molecule has 0 saturated carbocycles. The second kappa shape index (κ2) is 10.7. The summed E-state index contributed by atoms with van der Waals surface area (Å²) in [6.45, 7) is 4.51. The van der Waals surface area contributed by atoms with Gasteiger partial charge in [-0.15, -0.1) is 0 Å². The zero-order chi connectivity index (χ0) is 22.0. The first-order chi connectivity index (χ1) is 15.7. The zero-order valence-corrected chi connectivity index (χ0v) is 23.5. The minimum atomic E-state index is -4.26. The molecule has 1 atom stereocenters. The van der Waals surface area contributed by atoms with Crippen molar-refractivity contribution in [1.29, 1.82) is 0 Å². The molecular weight excluding hydrogens is 510 g/mol. The van der Waals surface area contributed by atoms with Crippen molar-refractivity contribution >= 4 is 23.4 Å². The van der Waals surface area contributed by atoms with E-state index in [1.807, 2.05) is 0 Å². The predicted molar refractivity (Wildman–Crippen MR) is 139 cm³/mol. The predicted octanol–water partition coefficient (Wildman–Crippen LogP) is -0.193. The van der Waals surface area contributed by atoms with Crippen LogP contribution in [0.2, 0.25) is 0 Å². The molecule has 0 N–H and O–H groups in total. The van der Waals surface area contributed by atoms with Crippen LogP contribution in [-0.2, 0) is 15.3 Å². The Morgan fingerprint density at radius 1 is 0.618 bits per heavy atom. The van der Waals surface area contributed by atoms with Gasteiger partial charge in [-0.25, -0.2) is 0 Å². The Labute approximate surface area is 218 Å². The Balaban J connectivity index is 0.00000162. The summed E-state index contributed by atoms with van der Waals surface area (Å²) in [4.78, 5) is 0. The van der Waals surface area contributed by atoms with Crippen molar-refractivity contribution in [2.75, 3.05) is 0 Å². The summed E-state index contributed by atoms with van der Waals surface area (Å²) in [6, 6.07) is 38.8. The van der Waals surface area contributed by atoms with E-state index in [1.54, 1.807) is 3.60 Å². The Morgan fingerprint density at radius 3 is 1.47 bits per heavy atom. The quantitative estimate of drug-likeness (QED) is 0.310. The first kappa shape index (κ1) is 26.6. The fourth-order valence-corrected chi connectivity index (χ4v) is 22.4. The maximum absolute atomic E-state index is 4.26. The van der Waals surface area contributed by atoms with Gasteiger partial charge >= 0.3 is 195 Å². The third-order valence-corrected chi connectivity index (χ3v) is 21.9. The first-order valence-corrected chi connectivity index (χ1v) is 16.2. The number of hydrogen-bond donors (Lipinski definition) is 0. The Hall–Kier alpha value is -2.05. The number of halogens is 2. The third-order valence-electron chi connectivity index (χ3n) is 7.08. The van der Waals surface area contributed by atoms with Crippen molar-refractivity contribution in [3.8, 4) is 0 Å². The van der Waals surface area contributed by atoms with Gasteiger partial charge in [0.2, 0.25) is 0 Å². The second-order valence-electron chi connectivity index (χ2n) is 8.79. The molecule has 4 aromatic rings. The summed E-state index contributed by atoms with van der Waals surface area (Å²) < 4.78 is 7.53. The summed E-state index contributed by atoms with van der Waals surface area (Å²) in [5.41, 5.74) is 2.77. The molecule has 171 valence electrons. The molecule has 0 amide bonds. The molecule has 0 saturated heterocycles. The van der Waals surface area contributed by atoms with E-state index in [0.717, 1.165) is 0 Å². The van der Waals surface area contributed by atoms with E-state index in [1.165, 1.54) is 26.6 Å². The van der Waals surface area contributed by atoms with Crippen LogP contribution in [0, 0.1) is 0 Å². The SMILES string of the molecule is CC(C)=C1C=CC=[C]1[Ti+2]([c]1ccccc1)([c]1ccccc1)([c]1ccccc1)[c]1ccc[pH]1.[Cl-].[Cl-]. The van der Waals surface area contributed by atoms with E-state index in [2.05, 4.69) is 141 Å². The monoisotopic (exact) mass is 537 g/mol. The van der Waals surface area contributed by atoms with Crippen molar-refractivity contribution < 1.29 is 40.1 Å². The van der Waals surface area contributed by atoms with E-state index in [-0.39, 0.29) is 24.8 Å². The van der Waals surface area contributed by atoms with Gasteiger partial charge in [0.25, 0.3) is 0 Å². The van der Waals surface area contributed by atoms with Crippen LogP contribution >= 0.6 is 8.19 Å². The van der Waals surface area contributed by atoms with E-state index in [4.69, 9.17) is 0 Å². The average molecular weight is 538 g/mol. The van der Waals surface area contributed by atoms with E-state index >= 15 is 0 Å². The molecule has 4 heteroatoms. The zero-order valence-electron chi connectivity index (χ0n) is 19.4. The van der Waals surface area contributed by atoms with Gasteiger partial charge in [-0.2, -0.15) is 0 Å². The van der Waals surface area contributed by atoms with Crippen molar-refractivity contribution in [1.82, 2.24) is 0 Å². The molecule has 1 heterocycles. The first-order valence-electron chi connectivity index (χ1n) is 11.2. The molecule has 1 aliphatic carbocycles. The van der Waals surface area contributed by atoms with Crippen LogP contribution in [0.25, 0.3) is 0 Å². The van der Waals surface area contributed by atoms with Crippen LogP contribution in [-0.4, -0.2) is 0 Å². The van der Waals surface area contributed by atoms with Gasteiger partial charge in [0, 0.05) is 0 Å². The van der Waals surface area contributed by atoms with Crippen molar-refractivity contribution in [3.63, 3.8) is 0 Å². The minimum absolute atomic E-state index is 0. The molecule has 1 aromatic heterocycles. The van der Waals surface area contributed by atoms with Gasteiger partial charge in [0.1, 0.15) is 0 Å². The van der Waals surface area contributed by atoms with Gasteiger partial charge < -0.3 is 24.8 Å². The molecule has 1 aliphatic rings. The Kier molecular flexibility index (Phi) is 8.36. The van der Waals surface area contributed by atoms with Gasteiger partial charge in [0.05, 0.1) is 0 Å². The Bertz CT molecular complexity index is 1220. The minimum Gasteiger partial charge on any atom is -1.00 e. The fraction of sp³-hybridized carbons (Fsp3) is 0.0667. The number of rotatable bonds is 5. The fourth-order valence-electron chi connectivity index (χ4n) is 5.83. The normalized spacial score (nSPS) is 13.3. The maximum atomic E-state index is 2.43. The topological polar surface area (TPSA) is 0 Å². The van der Waals surface area contributed by atoms with Gasteiger partial charge in [0.15, 0.2) is 0 Å². The second-order valence-corrected chi connectivity index (χ2v) is 19.0. The average Bonchev–Trinajstić information content (AvgIpc) is 3.56. The Morgan fingerprint density at radius 2 is 1.09 bits per heavy atom. The van der Waals surface area contributed by atoms with Crippen LogP contribution in [0.15, 0.2) is 142 Å².